The SMILES string of the molecule is CC.Cc1ccc(N(C)C)cc(C)sc(C)cc(=[N+](C)C)ccc(C)n1. The molecule has 0 aliphatic heterocycles. The van der Waals surface area contributed by atoms with Crippen molar-refractivity contribution in [2.75, 3.05) is 33.1 Å². The van der Waals surface area contributed by atoms with E-state index in [9.17, 15) is 0 Å². The van der Waals surface area contributed by atoms with Crippen LogP contribution in [0, 0.1) is 27.7 Å². The molecule has 0 fully saturated rings. The second kappa shape index (κ2) is 12.4. The summed E-state index contributed by atoms with van der Waals surface area (Å²) in [5.41, 5.74) is 3.14. The highest BCUT2D eigenvalue weighted by Crippen LogP contribution is 2.13. The molecule has 0 atom stereocenters. The first-order valence-electron chi connectivity index (χ1n) is 9.07. The molecule has 0 aliphatic rings. The van der Waals surface area contributed by atoms with Crippen LogP contribution >= 0.6 is 11.3 Å². The van der Waals surface area contributed by atoms with Crippen LogP contribution in [0.1, 0.15) is 35.0 Å². The predicted molar refractivity (Wildman–Crippen MR) is 119 cm³/mol. The zero-order valence-corrected chi connectivity index (χ0v) is 19.0. The molecule has 0 aliphatic carbocycles. The van der Waals surface area contributed by atoms with Crippen LogP contribution in [0.3, 0.4) is 0 Å². The summed E-state index contributed by atoms with van der Waals surface area (Å²) in [6.45, 7) is 12.3. The van der Waals surface area contributed by atoms with Crippen LogP contribution in [0.2, 0.25) is 0 Å². The first kappa shape index (κ1) is 24.1. The summed E-state index contributed by atoms with van der Waals surface area (Å²) >= 11 is 1.79. The Morgan fingerprint density at radius 3 is 1.81 bits per heavy atom. The molecule has 1 heterocycles. The normalized spacial score (nSPS) is 9.15. The van der Waals surface area contributed by atoms with Crippen molar-refractivity contribution in [1.29, 1.82) is 0 Å². The van der Waals surface area contributed by atoms with Gasteiger partial charge in [-0.05, 0) is 52.0 Å². The molecular weight excluding hydrogens is 338 g/mol. The van der Waals surface area contributed by atoms with Crippen LogP contribution in [-0.4, -0.2) is 33.2 Å². The van der Waals surface area contributed by atoms with Gasteiger partial charge in [0.1, 0.15) is 14.1 Å². The van der Waals surface area contributed by atoms with Crippen molar-refractivity contribution in [3.63, 3.8) is 0 Å². The first-order valence-corrected chi connectivity index (χ1v) is 9.88. The van der Waals surface area contributed by atoms with Gasteiger partial charge in [-0.2, -0.15) is 0 Å². The lowest BCUT2D eigenvalue weighted by molar-refractivity contribution is 0.813. The molecule has 0 unspecified atom stereocenters. The minimum atomic E-state index is 0.991. The molecular formula is C22H36N3S+. The molecule has 26 heavy (non-hydrogen) atoms. The van der Waals surface area contributed by atoms with Crippen molar-refractivity contribution in [1.82, 2.24) is 9.56 Å². The largest absolute Gasteiger partial charge is 0.378 e. The molecule has 0 saturated carbocycles. The third-order valence-corrected chi connectivity index (χ3v) is 4.28. The van der Waals surface area contributed by atoms with Gasteiger partial charge < -0.3 is 4.90 Å². The lowest BCUT2D eigenvalue weighted by atomic mass is 10.3. The molecule has 0 aromatic carbocycles. The molecule has 0 N–H and O–H groups in total. The van der Waals surface area contributed by atoms with Crippen molar-refractivity contribution in [3.05, 3.63) is 62.9 Å². The van der Waals surface area contributed by atoms with Gasteiger partial charge in [0.25, 0.3) is 0 Å². The highest BCUT2D eigenvalue weighted by atomic mass is 32.1. The lowest BCUT2D eigenvalue weighted by Crippen LogP contribution is -2.20. The van der Waals surface area contributed by atoms with E-state index in [0.29, 0.717) is 0 Å². The summed E-state index contributed by atoms with van der Waals surface area (Å²) < 4.78 is 2.12. The van der Waals surface area contributed by atoms with E-state index in [2.05, 4.69) is 92.9 Å². The summed E-state index contributed by atoms with van der Waals surface area (Å²) in [5, 5.41) is 1.16. The van der Waals surface area contributed by atoms with Crippen LogP contribution in [-0.2, 0) is 0 Å². The van der Waals surface area contributed by atoms with E-state index in [1.165, 1.54) is 9.75 Å². The predicted octanol–water partition coefficient (Wildman–Crippen LogP) is 4.75. The molecule has 0 bridgehead atoms. The van der Waals surface area contributed by atoms with Crippen LogP contribution in [0.15, 0.2) is 36.4 Å². The zero-order chi connectivity index (χ0) is 20.3. The maximum Gasteiger partial charge on any atom is 0.200 e. The highest BCUT2D eigenvalue weighted by molar-refractivity contribution is 7.11. The van der Waals surface area contributed by atoms with E-state index < -0.39 is 0 Å². The van der Waals surface area contributed by atoms with Gasteiger partial charge in [0.2, 0.25) is 5.36 Å². The molecule has 0 amide bonds. The summed E-state index contributed by atoms with van der Waals surface area (Å²) in [7, 11) is 8.24. The smallest absolute Gasteiger partial charge is 0.200 e. The Kier molecular flexibility index (Phi) is 11.5. The summed E-state index contributed by atoms with van der Waals surface area (Å²) in [4.78, 5) is 9.27. The minimum Gasteiger partial charge on any atom is -0.378 e. The van der Waals surface area contributed by atoms with Gasteiger partial charge in [-0.1, -0.05) is 13.8 Å². The van der Waals surface area contributed by atoms with Crippen LogP contribution < -0.4 is 14.8 Å². The summed E-state index contributed by atoms with van der Waals surface area (Å²) in [6.07, 6.45) is 0. The van der Waals surface area contributed by atoms with E-state index in [4.69, 9.17) is 0 Å². The molecule has 0 spiro atoms. The lowest BCUT2D eigenvalue weighted by Gasteiger charge is -2.10. The first-order chi connectivity index (χ1) is 12.2. The van der Waals surface area contributed by atoms with Gasteiger partial charge in [0.05, 0.1) is 0 Å². The number of aromatic nitrogens is 1. The van der Waals surface area contributed by atoms with Crippen LogP contribution in [0.4, 0.5) is 5.69 Å². The van der Waals surface area contributed by atoms with Gasteiger partial charge in [-0.25, -0.2) is 4.58 Å². The van der Waals surface area contributed by atoms with E-state index in [0.717, 1.165) is 22.4 Å². The third-order valence-electron chi connectivity index (χ3n) is 3.40. The molecule has 0 saturated heterocycles. The minimum absolute atomic E-state index is 0.991. The van der Waals surface area contributed by atoms with Crippen molar-refractivity contribution < 1.29 is 0 Å². The summed E-state index contributed by atoms with van der Waals surface area (Å²) in [5.74, 6) is 0. The van der Waals surface area contributed by atoms with E-state index in [1.54, 1.807) is 11.3 Å². The second-order valence-electron chi connectivity index (χ2n) is 6.31. The van der Waals surface area contributed by atoms with Crippen molar-refractivity contribution in [2.45, 2.75) is 41.5 Å². The van der Waals surface area contributed by atoms with Crippen LogP contribution in [0.5, 0.6) is 0 Å². The van der Waals surface area contributed by atoms with Gasteiger partial charge in [-0.15, -0.1) is 11.3 Å². The number of nitrogens with zero attached hydrogens (tertiary/aromatic N) is 3. The molecule has 3 nitrogen and oxygen atoms in total. The zero-order valence-electron chi connectivity index (χ0n) is 18.2. The third kappa shape index (κ3) is 9.52. The quantitative estimate of drug-likeness (QED) is 0.661. The molecule has 1 rings (SSSR count). The molecule has 1 aromatic heterocycles. The van der Waals surface area contributed by atoms with Gasteiger partial charge in [0, 0.05) is 53.1 Å². The van der Waals surface area contributed by atoms with Crippen molar-refractivity contribution in [2.24, 2.45) is 0 Å². The molecule has 1 aromatic rings. The van der Waals surface area contributed by atoms with Gasteiger partial charge in [0.15, 0.2) is 0 Å². The number of hydrogen-bond acceptors (Lipinski definition) is 3. The second-order valence-corrected chi connectivity index (χ2v) is 7.80. The standard InChI is InChI=1S/C20H30N3S.C2H6/c1-15-9-11-19(22(5)6)13-17(3)24-18(4)14-20(23(7)8)12-10-16(2)21-15;1-2/h9-14H,1-8H3;1-2H3/q+1;. The number of hydrogen-bond donors (Lipinski definition) is 0. The molecule has 4 heteroatoms. The molecule has 0 radical (unpaired) electrons. The Balaban J connectivity index is 0.00000301. The summed E-state index contributed by atoms with van der Waals surface area (Å²) in [6, 6.07) is 12.8. The van der Waals surface area contributed by atoms with E-state index in [-0.39, 0.29) is 0 Å². The number of aryl methyl sites for hydroxylation is 4. The fraction of sp³-hybridized carbons (Fsp3) is 0.455. The van der Waals surface area contributed by atoms with Crippen molar-refractivity contribution >= 4 is 17.0 Å². The van der Waals surface area contributed by atoms with E-state index >= 15 is 0 Å². The maximum atomic E-state index is 4.64. The average molecular weight is 375 g/mol. The number of rotatable bonds is 1. The Bertz CT molecular complexity index is 771. The Hall–Kier alpha value is -1.94. The molecule has 144 valence electrons. The monoisotopic (exact) mass is 374 g/mol. The maximum absolute atomic E-state index is 4.64. The Morgan fingerprint density at radius 2 is 1.31 bits per heavy atom. The van der Waals surface area contributed by atoms with Gasteiger partial charge in [-0.3, -0.25) is 4.98 Å². The Labute approximate surface area is 164 Å². The van der Waals surface area contributed by atoms with Crippen molar-refractivity contribution in [3.8, 4) is 0 Å². The van der Waals surface area contributed by atoms with Gasteiger partial charge >= 0.3 is 0 Å². The van der Waals surface area contributed by atoms with E-state index in [1.807, 2.05) is 27.7 Å². The fourth-order valence-electron chi connectivity index (χ4n) is 2.15. The average Bonchev–Trinajstić information content (AvgIpc) is 2.55. The topological polar surface area (TPSA) is 19.1 Å². The fourth-order valence-corrected chi connectivity index (χ4v) is 3.01. The Morgan fingerprint density at radius 1 is 0.808 bits per heavy atom. The highest BCUT2D eigenvalue weighted by Gasteiger charge is 1.94. The number of anilines is 1. The van der Waals surface area contributed by atoms with Crippen LogP contribution in [0.25, 0.3) is 0 Å².